The molecule has 0 saturated heterocycles. The monoisotopic (exact) mass is 252 g/mol. The third kappa shape index (κ3) is 2.74. The lowest BCUT2D eigenvalue weighted by Gasteiger charge is -2.14. The first-order chi connectivity index (χ1) is 8.20. The van der Waals surface area contributed by atoms with Crippen molar-refractivity contribution in [3.05, 3.63) is 40.6 Å². The second-order valence-corrected chi connectivity index (χ2v) is 4.35. The highest BCUT2D eigenvalue weighted by atomic mass is 32.1. The summed E-state index contributed by atoms with van der Waals surface area (Å²) in [7, 11) is 1.45. The van der Waals surface area contributed by atoms with Gasteiger partial charge in [0.05, 0.1) is 24.4 Å². The van der Waals surface area contributed by atoms with Crippen LogP contribution in [-0.4, -0.2) is 12.1 Å². The van der Waals surface area contributed by atoms with E-state index in [1.165, 1.54) is 13.2 Å². The molecule has 17 heavy (non-hydrogen) atoms. The van der Waals surface area contributed by atoms with Gasteiger partial charge in [0, 0.05) is 17.1 Å². The molecular weight excluding hydrogens is 239 g/mol. The largest absolute Gasteiger partial charge is 0.494 e. The Balaban J connectivity index is 2.13. The van der Waals surface area contributed by atoms with Gasteiger partial charge in [-0.2, -0.15) is 0 Å². The smallest absolute Gasteiger partial charge is 0.165 e. The zero-order valence-electron chi connectivity index (χ0n) is 9.61. The molecule has 0 amide bonds. The highest BCUT2D eigenvalue weighted by Crippen LogP contribution is 2.24. The van der Waals surface area contributed by atoms with Gasteiger partial charge in [0.1, 0.15) is 0 Å². The van der Waals surface area contributed by atoms with Crippen molar-refractivity contribution in [1.29, 1.82) is 0 Å². The van der Waals surface area contributed by atoms with Crippen LogP contribution in [0.5, 0.6) is 5.75 Å². The number of aromatic nitrogens is 1. The Kier molecular flexibility index (Phi) is 3.58. The number of halogens is 1. The van der Waals surface area contributed by atoms with E-state index < -0.39 is 0 Å². The number of nitrogens with zero attached hydrogens (tertiary/aromatic N) is 1. The maximum Gasteiger partial charge on any atom is 0.165 e. The Morgan fingerprint density at radius 1 is 1.47 bits per heavy atom. The van der Waals surface area contributed by atoms with Crippen LogP contribution in [0.3, 0.4) is 0 Å². The first-order valence-electron chi connectivity index (χ1n) is 5.19. The van der Waals surface area contributed by atoms with Gasteiger partial charge >= 0.3 is 0 Å². The molecule has 90 valence electrons. The van der Waals surface area contributed by atoms with Gasteiger partial charge in [-0.25, -0.2) is 9.37 Å². The molecule has 0 fully saturated rings. The van der Waals surface area contributed by atoms with Gasteiger partial charge in [0.2, 0.25) is 0 Å². The summed E-state index contributed by atoms with van der Waals surface area (Å²) in [5.74, 6) is -0.125. The summed E-state index contributed by atoms with van der Waals surface area (Å²) >= 11 is 1.55. The van der Waals surface area contributed by atoms with Gasteiger partial charge in [-0.1, -0.05) is 0 Å². The maximum atomic E-state index is 13.2. The number of methoxy groups -OCH3 is 1. The number of hydrogen-bond donors (Lipinski definition) is 1. The Morgan fingerprint density at radius 2 is 2.29 bits per heavy atom. The van der Waals surface area contributed by atoms with Gasteiger partial charge < -0.3 is 10.1 Å². The van der Waals surface area contributed by atoms with E-state index in [0.717, 1.165) is 11.4 Å². The van der Waals surface area contributed by atoms with Crippen LogP contribution in [0.2, 0.25) is 0 Å². The number of nitrogens with one attached hydrogen (secondary N) is 1. The molecule has 0 saturated carbocycles. The molecule has 1 atom stereocenters. The summed E-state index contributed by atoms with van der Waals surface area (Å²) in [4.78, 5) is 4.22. The molecule has 1 aromatic carbocycles. The molecule has 0 aliphatic rings. The van der Waals surface area contributed by atoms with Crippen LogP contribution in [0.1, 0.15) is 18.7 Å². The minimum atomic E-state index is -0.362. The summed E-state index contributed by atoms with van der Waals surface area (Å²) in [6.07, 6.45) is 0. The summed E-state index contributed by atoms with van der Waals surface area (Å²) in [5, 5.41) is 5.23. The lowest BCUT2D eigenvalue weighted by molar-refractivity contribution is 0.387. The lowest BCUT2D eigenvalue weighted by Crippen LogP contribution is -2.07. The normalized spacial score (nSPS) is 12.2. The van der Waals surface area contributed by atoms with Crippen LogP contribution in [0.4, 0.5) is 10.1 Å². The molecule has 2 aromatic rings. The van der Waals surface area contributed by atoms with E-state index in [-0.39, 0.29) is 17.6 Å². The Morgan fingerprint density at radius 3 is 2.94 bits per heavy atom. The van der Waals surface area contributed by atoms with E-state index in [1.807, 2.05) is 12.3 Å². The summed E-state index contributed by atoms with van der Waals surface area (Å²) in [6.45, 7) is 2.00. The van der Waals surface area contributed by atoms with E-state index in [1.54, 1.807) is 29.0 Å². The SMILES string of the molecule is COc1cc(NC(C)c2cscn2)ccc1F. The molecular formula is C12H13FN2OS. The highest BCUT2D eigenvalue weighted by molar-refractivity contribution is 7.07. The fourth-order valence-electron chi connectivity index (χ4n) is 1.51. The summed E-state index contributed by atoms with van der Waals surface area (Å²) in [5.41, 5.74) is 3.57. The second kappa shape index (κ2) is 5.14. The van der Waals surface area contributed by atoms with Crippen molar-refractivity contribution < 1.29 is 9.13 Å². The first kappa shape index (κ1) is 11.9. The molecule has 3 nitrogen and oxygen atoms in total. The van der Waals surface area contributed by atoms with Crippen LogP contribution >= 0.6 is 11.3 Å². The molecule has 0 bridgehead atoms. The average molecular weight is 252 g/mol. The van der Waals surface area contributed by atoms with Crippen molar-refractivity contribution in [1.82, 2.24) is 4.98 Å². The Labute approximate surface area is 103 Å². The van der Waals surface area contributed by atoms with Gasteiger partial charge in [0.15, 0.2) is 11.6 Å². The summed E-state index contributed by atoms with van der Waals surface area (Å²) < 4.78 is 18.1. The van der Waals surface area contributed by atoms with E-state index in [0.29, 0.717) is 0 Å². The molecule has 0 spiro atoms. The number of rotatable bonds is 4. The molecule has 1 unspecified atom stereocenters. The highest BCUT2D eigenvalue weighted by Gasteiger charge is 2.09. The number of thiazole rings is 1. The molecule has 0 aliphatic heterocycles. The lowest BCUT2D eigenvalue weighted by atomic mass is 10.2. The van der Waals surface area contributed by atoms with Crippen molar-refractivity contribution in [2.24, 2.45) is 0 Å². The van der Waals surface area contributed by atoms with Crippen molar-refractivity contribution in [2.45, 2.75) is 13.0 Å². The third-order valence-corrected chi connectivity index (χ3v) is 3.03. The molecule has 1 N–H and O–H groups in total. The molecule has 0 aliphatic carbocycles. The van der Waals surface area contributed by atoms with Gasteiger partial charge in [-0.3, -0.25) is 0 Å². The van der Waals surface area contributed by atoms with Crippen molar-refractivity contribution in [3.63, 3.8) is 0 Å². The maximum absolute atomic E-state index is 13.2. The Bertz CT molecular complexity index is 487. The zero-order valence-corrected chi connectivity index (χ0v) is 10.4. The van der Waals surface area contributed by atoms with Crippen LogP contribution in [0, 0.1) is 5.82 Å². The van der Waals surface area contributed by atoms with E-state index in [4.69, 9.17) is 4.74 Å². The van der Waals surface area contributed by atoms with Crippen LogP contribution in [0.15, 0.2) is 29.1 Å². The molecule has 2 rings (SSSR count). The van der Waals surface area contributed by atoms with Crippen molar-refractivity contribution in [2.75, 3.05) is 12.4 Å². The van der Waals surface area contributed by atoms with Gasteiger partial charge in [-0.15, -0.1) is 11.3 Å². The van der Waals surface area contributed by atoms with Crippen LogP contribution in [0.25, 0.3) is 0 Å². The van der Waals surface area contributed by atoms with Crippen LogP contribution in [-0.2, 0) is 0 Å². The van der Waals surface area contributed by atoms with E-state index in [2.05, 4.69) is 10.3 Å². The predicted molar refractivity (Wildman–Crippen MR) is 67.1 cm³/mol. The molecule has 1 aromatic heterocycles. The molecule has 5 heteroatoms. The fraction of sp³-hybridized carbons (Fsp3) is 0.250. The predicted octanol–water partition coefficient (Wildman–Crippen LogP) is 3.46. The quantitative estimate of drug-likeness (QED) is 0.904. The number of hydrogen-bond acceptors (Lipinski definition) is 4. The number of anilines is 1. The van der Waals surface area contributed by atoms with Crippen molar-refractivity contribution in [3.8, 4) is 5.75 Å². The van der Waals surface area contributed by atoms with Gasteiger partial charge in [-0.05, 0) is 19.1 Å². The van der Waals surface area contributed by atoms with Gasteiger partial charge in [0.25, 0.3) is 0 Å². The third-order valence-electron chi connectivity index (χ3n) is 2.43. The first-order valence-corrected chi connectivity index (χ1v) is 6.13. The topological polar surface area (TPSA) is 34.1 Å². The minimum Gasteiger partial charge on any atom is -0.494 e. The second-order valence-electron chi connectivity index (χ2n) is 3.63. The minimum absolute atomic E-state index is 0.0800. The zero-order chi connectivity index (χ0) is 12.3. The summed E-state index contributed by atoms with van der Waals surface area (Å²) in [6, 6.07) is 4.78. The Hall–Kier alpha value is -1.62. The van der Waals surface area contributed by atoms with E-state index >= 15 is 0 Å². The molecule has 1 heterocycles. The molecule has 0 radical (unpaired) electrons. The standard InChI is InChI=1S/C12H13FN2OS/c1-8(11-6-17-7-14-11)15-9-3-4-10(13)12(5-9)16-2/h3-8,15H,1-2H3. The fourth-order valence-corrected chi connectivity index (χ4v) is 2.16. The van der Waals surface area contributed by atoms with E-state index in [9.17, 15) is 4.39 Å². The average Bonchev–Trinajstić information content (AvgIpc) is 2.85. The van der Waals surface area contributed by atoms with Crippen molar-refractivity contribution >= 4 is 17.0 Å². The number of ether oxygens (including phenoxy) is 1. The van der Waals surface area contributed by atoms with Crippen LogP contribution < -0.4 is 10.1 Å². The number of benzene rings is 1.